The molecule has 1 saturated heterocycles. The minimum Gasteiger partial charge on any atom is -0.357 e. The quantitative estimate of drug-likeness (QED) is 0.276. The summed E-state index contributed by atoms with van der Waals surface area (Å²) >= 11 is 0. The smallest absolute Gasteiger partial charge is 0.269 e. The zero-order chi connectivity index (χ0) is 16.5. The first-order valence-electron chi connectivity index (χ1n) is 8.47. The first kappa shape index (κ1) is 17.2. The van der Waals surface area contributed by atoms with E-state index in [2.05, 4.69) is 17.1 Å². The number of guanidine groups is 1. The molecule has 6 nitrogen and oxygen atoms in total. The molecule has 0 spiro atoms. The molecule has 126 valence electrons. The summed E-state index contributed by atoms with van der Waals surface area (Å²) < 4.78 is 0. The van der Waals surface area contributed by atoms with Gasteiger partial charge in [0, 0.05) is 38.3 Å². The first-order valence-corrected chi connectivity index (χ1v) is 8.47. The Kier molecular flexibility index (Phi) is 6.84. The van der Waals surface area contributed by atoms with Crippen molar-refractivity contribution in [3.05, 3.63) is 39.9 Å². The van der Waals surface area contributed by atoms with Gasteiger partial charge in [-0.25, -0.2) is 0 Å². The number of aliphatic imine (C=N–C) groups is 1. The van der Waals surface area contributed by atoms with E-state index < -0.39 is 0 Å². The molecule has 0 saturated carbocycles. The highest BCUT2D eigenvalue weighted by Crippen LogP contribution is 2.13. The molecule has 0 aliphatic carbocycles. The molecular formula is C17H26N4O2. The van der Waals surface area contributed by atoms with Gasteiger partial charge in [0.1, 0.15) is 0 Å². The van der Waals surface area contributed by atoms with Crippen LogP contribution in [0.5, 0.6) is 0 Å². The van der Waals surface area contributed by atoms with Crippen LogP contribution in [-0.4, -0.2) is 42.0 Å². The van der Waals surface area contributed by atoms with Crippen molar-refractivity contribution in [2.45, 2.75) is 39.0 Å². The van der Waals surface area contributed by atoms with Crippen molar-refractivity contribution in [2.75, 3.05) is 26.2 Å². The standard InChI is InChI=1S/C17H26N4O2/c1-2-18-17(20-13-5-6-14-20)19-12-4-3-7-15-8-10-16(11-9-15)21(22)23/h8-11H,2-7,12-14H2,1H3,(H,18,19). The lowest BCUT2D eigenvalue weighted by Gasteiger charge is -2.20. The molecule has 0 aromatic heterocycles. The monoisotopic (exact) mass is 318 g/mol. The normalized spacial score (nSPS) is 15.0. The van der Waals surface area contributed by atoms with Crippen LogP contribution in [0.2, 0.25) is 0 Å². The van der Waals surface area contributed by atoms with E-state index in [1.165, 1.54) is 12.8 Å². The highest BCUT2D eigenvalue weighted by molar-refractivity contribution is 5.80. The van der Waals surface area contributed by atoms with Gasteiger partial charge in [-0.3, -0.25) is 15.1 Å². The average molecular weight is 318 g/mol. The zero-order valence-electron chi connectivity index (χ0n) is 13.8. The topological polar surface area (TPSA) is 70.8 Å². The van der Waals surface area contributed by atoms with Gasteiger partial charge in [-0.2, -0.15) is 0 Å². The van der Waals surface area contributed by atoms with E-state index in [1.807, 2.05) is 12.1 Å². The predicted molar refractivity (Wildman–Crippen MR) is 92.8 cm³/mol. The Bertz CT molecular complexity index is 522. The number of likely N-dealkylation sites (tertiary alicyclic amines) is 1. The van der Waals surface area contributed by atoms with E-state index in [-0.39, 0.29) is 10.6 Å². The predicted octanol–water partition coefficient (Wildman–Crippen LogP) is 2.98. The van der Waals surface area contributed by atoms with Crippen molar-refractivity contribution in [2.24, 2.45) is 4.99 Å². The lowest BCUT2D eigenvalue weighted by atomic mass is 10.1. The third-order valence-corrected chi connectivity index (χ3v) is 4.02. The summed E-state index contributed by atoms with van der Waals surface area (Å²) in [4.78, 5) is 17.3. The number of nitrogens with one attached hydrogen (secondary N) is 1. The minimum absolute atomic E-state index is 0.152. The number of unbranched alkanes of at least 4 members (excludes halogenated alkanes) is 1. The molecule has 1 fully saturated rings. The molecule has 6 heteroatoms. The number of aryl methyl sites for hydroxylation is 1. The van der Waals surface area contributed by atoms with Gasteiger partial charge >= 0.3 is 0 Å². The van der Waals surface area contributed by atoms with Crippen LogP contribution in [0.4, 0.5) is 5.69 Å². The Labute approximate surface area is 137 Å². The Hall–Kier alpha value is -2.11. The molecule has 0 atom stereocenters. The number of benzene rings is 1. The van der Waals surface area contributed by atoms with Gasteiger partial charge in [-0.05, 0) is 44.6 Å². The number of nitrogens with zero attached hydrogens (tertiary/aromatic N) is 3. The van der Waals surface area contributed by atoms with Crippen molar-refractivity contribution in [1.82, 2.24) is 10.2 Å². The van der Waals surface area contributed by atoms with Crippen LogP contribution in [-0.2, 0) is 6.42 Å². The van der Waals surface area contributed by atoms with Crippen molar-refractivity contribution in [3.8, 4) is 0 Å². The zero-order valence-corrected chi connectivity index (χ0v) is 13.8. The van der Waals surface area contributed by atoms with E-state index in [0.717, 1.165) is 57.0 Å². The van der Waals surface area contributed by atoms with Crippen molar-refractivity contribution in [1.29, 1.82) is 0 Å². The number of non-ortho nitro benzene ring substituents is 1. The molecule has 1 aliphatic heterocycles. The summed E-state index contributed by atoms with van der Waals surface area (Å²) in [5.41, 5.74) is 1.30. The maximum Gasteiger partial charge on any atom is 0.269 e. The molecule has 0 radical (unpaired) electrons. The second-order valence-corrected chi connectivity index (χ2v) is 5.81. The Morgan fingerprint density at radius 3 is 2.57 bits per heavy atom. The summed E-state index contributed by atoms with van der Waals surface area (Å²) in [7, 11) is 0. The highest BCUT2D eigenvalue weighted by atomic mass is 16.6. The molecule has 1 aromatic rings. The Morgan fingerprint density at radius 2 is 1.96 bits per heavy atom. The third-order valence-electron chi connectivity index (χ3n) is 4.02. The number of hydrogen-bond donors (Lipinski definition) is 1. The summed E-state index contributed by atoms with van der Waals surface area (Å²) in [6, 6.07) is 6.83. The third kappa shape index (κ3) is 5.54. The second kappa shape index (κ2) is 9.12. The molecule has 0 amide bonds. The fraction of sp³-hybridized carbons (Fsp3) is 0.588. The van der Waals surface area contributed by atoms with Crippen molar-refractivity contribution >= 4 is 11.6 Å². The van der Waals surface area contributed by atoms with Gasteiger partial charge in [0.25, 0.3) is 5.69 Å². The van der Waals surface area contributed by atoms with Crippen LogP contribution in [0.3, 0.4) is 0 Å². The van der Waals surface area contributed by atoms with Crippen LogP contribution in [0, 0.1) is 10.1 Å². The summed E-state index contributed by atoms with van der Waals surface area (Å²) in [6.45, 7) is 6.04. The molecule has 1 N–H and O–H groups in total. The number of rotatable bonds is 7. The molecule has 0 bridgehead atoms. The van der Waals surface area contributed by atoms with E-state index in [9.17, 15) is 10.1 Å². The molecule has 2 rings (SSSR count). The maximum absolute atomic E-state index is 10.6. The fourth-order valence-corrected chi connectivity index (χ4v) is 2.76. The summed E-state index contributed by atoms with van der Waals surface area (Å²) in [5, 5.41) is 14.0. The number of nitro benzene ring substituents is 1. The fourth-order valence-electron chi connectivity index (χ4n) is 2.76. The maximum atomic E-state index is 10.6. The van der Waals surface area contributed by atoms with E-state index in [0.29, 0.717) is 0 Å². The van der Waals surface area contributed by atoms with Gasteiger partial charge in [0.05, 0.1) is 4.92 Å². The largest absolute Gasteiger partial charge is 0.357 e. The van der Waals surface area contributed by atoms with Crippen molar-refractivity contribution in [3.63, 3.8) is 0 Å². The van der Waals surface area contributed by atoms with Crippen molar-refractivity contribution < 1.29 is 4.92 Å². The highest BCUT2D eigenvalue weighted by Gasteiger charge is 2.15. The molecule has 23 heavy (non-hydrogen) atoms. The van der Waals surface area contributed by atoms with Gasteiger partial charge < -0.3 is 10.2 Å². The molecule has 1 aliphatic rings. The molecule has 0 unspecified atom stereocenters. The number of nitro groups is 1. The van der Waals surface area contributed by atoms with Crippen LogP contribution in [0.15, 0.2) is 29.3 Å². The molecular weight excluding hydrogens is 292 g/mol. The van der Waals surface area contributed by atoms with E-state index in [1.54, 1.807) is 12.1 Å². The Morgan fingerprint density at radius 1 is 1.26 bits per heavy atom. The SMILES string of the molecule is CCNC(=NCCCCc1ccc([N+](=O)[O-])cc1)N1CCCC1. The van der Waals surface area contributed by atoms with Gasteiger partial charge in [-0.1, -0.05) is 12.1 Å². The van der Waals surface area contributed by atoms with Gasteiger partial charge in [0.15, 0.2) is 5.96 Å². The lowest BCUT2D eigenvalue weighted by Crippen LogP contribution is -2.39. The van der Waals surface area contributed by atoms with E-state index in [4.69, 9.17) is 4.99 Å². The molecule has 1 aromatic carbocycles. The Balaban J connectivity index is 1.73. The summed E-state index contributed by atoms with van der Waals surface area (Å²) in [5.74, 6) is 1.04. The van der Waals surface area contributed by atoms with Gasteiger partial charge in [-0.15, -0.1) is 0 Å². The average Bonchev–Trinajstić information content (AvgIpc) is 3.08. The minimum atomic E-state index is -0.362. The molecule has 1 heterocycles. The number of hydrogen-bond acceptors (Lipinski definition) is 3. The van der Waals surface area contributed by atoms with Crippen LogP contribution >= 0.6 is 0 Å². The lowest BCUT2D eigenvalue weighted by molar-refractivity contribution is -0.384. The van der Waals surface area contributed by atoms with Gasteiger partial charge in [0.2, 0.25) is 0 Å². The van der Waals surface area contributed by atoms with Crippen LogP contribution < -0.4 is 5.32 Å². The first-order chi connectivity index (χ1) is 11.2. The van der Waals surface area contributed by atoms with Crippen LogP contribution in [0.25, 0.3) is 0 Å². The summed E-state index contributed by atoms with van der Waals surface area (Å²) in [6.07, 6.45) is 5.52. The second-order valence-electron chi connectivity index (χ2n) is 5.81. The van der Waals surface area contributed by atoms with E-state index >= 15 is 0 Å². The van der Waals surface area contributed by atoms with Crippen LogP contribution in [0.1, 0.15) is 38.2 Å².